The van der Waals surface area contributed by atoms with E-state index in [0.29, 0.717) is 10.9 Å². The summed E-state index contributed by atoms with van der Waals surface area (Å²) < 4.78 is 13.4. The van der Waals surface area contributed by atoms with Gasteiger partial charge in [0.2, 0.25) is 0 Å². The summed E-state index contributed by atoms with van der Waals surface area (Å²) in [7, 11) is 0. The van der Waals surface area contributed by atoms with E-state index < -0.39 is 10.7 Å². The highest BCUT2D eigenvalue weighted by atomic mass is 35.5. The molecule has 1 aromatic carbocycles. The van der Waals surface area contributed by atoms with Crippen molar-refractivity contribution >= 4 is 34.7 Å². The van der Waals surface area contributed by atoms with Crippen molar-refractivity contribution in [3.05, 3.63) is 33.1 Å². The third-order valence-corrected chi connectivity index (χ3v) is 5.04. The number of benzene rings is 1. The maximum absolute atomic E-state index is 13.4. The predicted octanol–water partition coefficient (Wildman–Crippen LogP) is 4.47. The summed E-state index contributed by atoms with van der Waals surface area (Å²) >= 11 is 7.49. The van der Waals surface area contributed by atoms with Gasteiger partial charge in [-0.2, -0.15) is 11.8 Å². The summed E-state index contributed by atoms with van der Waals surface area (Å²) in [5.74, 6) is -0.769. The van der Waals surface area contributed by atoms with Gasteiger partial charge in [0.05, 0.1) is 16.0 Å². The number of nitro groups is 1. The lowest BCUT2D eigenvalue weighted by molar-refractivity contribution is -0.384. The minimum Gasteiger partial charge on any atom is -0.376 e. The highest BCUT2D eigenvalue weighted by molar-refractivity contribution is 7.99. The van der Waals surface area contributed by atoms with Gasteiger partial charge in [0.15, 0.2) is 0 Å². The van der Waals surface area contributed by atoms with Crippen molar-refractivity contribution in [1.82, 2.24) is 0 Å². The Hall–Kier alpha value is -1.01. The molecule has 1 fully saturated rings. The molecule has 1 N–H and O–H groups in total. The van der Waals surface area contributed by atoms with Crippen LogP contribution in [-0.4, -0.2) is 22.5 Å². The molecule has 0 bridgehead atoms. The van der Waals surface area contributed by atoms with Crippen LogP contribution in [0.15, 0.2) is 12.1 Å². The number of rotatable bonds is 4. The molecule has 0 amide bonds. The summed E-state index contributed by atoms with van der Waals surface area (Å²) in [6, 6.07) is 2.33. The molecule has 0 saturated heterocycles. The van der Waals surface area contributed by atoms with E-state index in [4.69, 9.17) is 11.6 Å². The molecular weight excluding hydrogens is 303 g/mol. The van der Waals surface area contributed by atoms with Crippen molar-refractivity contribution in [1.29, 1.82) is 0 Å². The van der Waals surface area contributed by atoms with E-state index in [0.717, 1.165) is 25.3 Å². The number of nitrogens with one attached hydrogen (secondary N) is 1. The van der Waals surface area contributed by atoms with Crippen LogP contribution in [0.1, 0.15) is 25.7 Å². The lowest BCUT2D eigenvalue weighted by atomic mass is 9.94. The van der Waals surface area contributed by atoms with Crippen LogP contribution in [0, 0.1) is 15.9 Å². The highest BCUT2D eigenvalue weighted by Gasteiger charge is 2.27. The second-order valence-corrected chi connectivity index (χ2v) is 6.33. The number of anilines is 1. The molecule has 1 saturated carbocycles. The number of hydrogen-bond acceptors (Lipinski definition) is 4. The molecule has 2 unspecified atom stereocenters. The Balaban J connectivity index is 2.27. The zero-order chi connectivity index (χ0) is 14.7. The average Bonchev–Trinajstić information content (AvgIpc) is 2.43. The Bertz CT molecular complexity index is 515. The zero-order valence-corrected chi connectivity index (χ0v) is 12.6. The average molecular weight is 319 g/mol. The van der Waals surface area contributed by atoms with Crippen LogP contribution >= 0.6 is 23.4 Å². The number of halogens is 2. The first-order valence-electron chi connectivity index (χ1n) is 6.45. The molecular formula is C13H16ClFN2O2S. The van der Waals surface area contributed by atoms with Crippen LogP contribution in [0.25, 0.3) is 0 Å². The number of nitrogens with zero attached hydrogens (tertiary/aromatic N) is 1. The SMILES string of the molecule is CSC1CCCCC1Nc1cc(Cl)c(F)cc1[N+](=O)[O-]. The van der Waals surface area contributed by atoms with Gasteiger partial charge in [-0.15, -0.1) is 0 Å². The smallest absolute Gasteiger partial charge is 0.295 e. The molecule has 1 aromatic rings. The summed E-state index contributed by atoms with van der Waals surface area (Å²) in [6.07, 6.45) is 6.35. The minimum atomic E-state index is -0.769. The van der Waals surface area contributed by atoms with Crippen molar-refractivity contribution < 1.29 is 9.31 Å². The summed E-state index contributed by atoms with van der Waals surface area (Å²) in [6.45, 7) is 0. The molecule has 0 radical (unpaired) electrons. The Morgan fingerprint density at radius 2 is 2.15 bits per heavy atom. The largest absolute Gasteiger partial charge is 0.376 e. The molecule has 0 spiro atoms. The molecule has 4 nitrogen and oxygen atoms in total. The molecule has 7 heteroatoms. The third kappa shape index (κ3) is 3.35. The fourth-order valence-corrected chi connectivity index (χ4v) is 3.65. The molecule has 0 heterocycles. The van der Waals surface area contributed by atoms with Crippen LogP contribution in [-0.2, 0) is 0 Å². The third-order valence-electron chi connectivity index (χ3n) is 3.58. The van der Waals surface area contributed by atoms with Crippen molar-refractivity contribution in [2.75, 3.05) is 11.6 Å². The zero-order valence-electron chi connectivity index (χ0n) is 11.1. The van der Waals surface area contributed by atoms with Gasteiger partial charge in [0.25, 0.3) is 5.69 Å². The molecule has 20 heavy (non-hydrogen) atoms. The minimum absolute atomic E-state index is 0.102. The second-order valence-electron chi connectivity index (χ2n) is 4.85. The molecule has 2 rings (SSSR count). The topological polar surface area (TPSA) is 55.2 Å². The normalized spacial score (nSPS) is 22.6. The quantitative estimate of drug-likeness (QED) is 0.657. The molecule has 0 aromatic heterocycles. The summed E-state index contributed by atoms with van der Waals surface area (Å²) in [5, 5.41) is 14.5. The van der Waals surface area contributed by atoms with Gasteiger partial charge in [-0.1, -0.05) is 24.4 Å². The van der Waals surface area contributed by atoms with E-state index in [-0.39, 0.29) is 16.8 Å². The predicted molar refractivity (Wildman–Crippen MR) is 81.2 cm³/mol. The number of thioether (sulfide) groups is 1. The highest BCUT2D eigenvalue weighted by Crippen LogP contribution is 2.35. The van der Waals surface area contributed by atoms with E-state index in [1.807, 2.05) is 6.26 Å². The maximum Gasteiger partial charge on any atom is 0.295 e. The fraction of sp³-hybridized carbons (Fsp3) is 0.538. The van der Waals surface area contributed by atoms with Crippen LogP contribution in [0.2, 0.25) is 5.02 Å². The Morgan fingerprint density at radius 3 is 2.80 bits per heavy atom. The second kappa shape index (κ2) is 6.63. The van der Waals surface area contributed by atoms with Crippen molar-refractivity contribution in [3.63, 3.8) is 0 Å². The fourth-order valence-electron chi connectivity index (χ4n) is 2.55. The summed E-state index contributed by atoms with van der Waals surface area (Å²) in [5.41, 5.74) is 0.0321. The monoisotopic (exact) mass is 318 g/mol. The van der Waals surface area contributed by atoms with E-state index in [1.165, 1.54) is 12.5 Å². The van der Waals surface area contributed by atoms with Crippen LogP contribution in [0.5, 0.6) is 0 Å². The van der Waals surface area contributed by atoms with Crippen LogP contribution < -0.4 is 5.32 Å². The van der Waals surface area contributed by atoms with Gasteiger partial charge in [-0.05, 0) is 25.2 Å². The van der Waals surface area contributed by atoms with Crippen LogP contribution in [0.4, 0.5) is 15.8 Å². The standard InChI is InChI=1S/C13H16ClFN2O2S/c1-20-13-5-3-2-4-10(13)16-11-6-8(14)9(15)7-12(11)17(18)19/h6-7,10,13,16H,2-5H2,1H3. The number of hydrogen-bond donors (Lipinski definition) is 1. The lowest BCUT2D eigenvalue weighted by Crippen LogP contribution is -2.34. The Labute approximate surface area is 126 Å². The van der Waals surface area contributed by atoms with Crippen molar-refractivity contribution in [2.45, 2.75) is 37.0 Å². The van der Waals surface area contributed by atoms with E-state index in [9.17, 15) is 14.5 Å². The van der Waals surface area contributed by atoms with E-state index in [1.54, 1.807) is 11.8 Å². The Kier molecular flexibility index (Phi) is 5.10. The first kappa shape index (κ1) is 15.4. The molecule has 110 valence electrons. The molecule has 0 aliphatic heterocycles. The van der Waals surface area contributed by atoms with Gasteiger partial charge in [0.1, 0.15) is 11.5 Å². The Morgan fingerprint density at radius 1 is 1.45 bits per heavy atom. The van der Waals surface area contributed by atoms with E-state index >= 15 is 0 Å². The lowest BCUT2D eigenvalue weighted by Gasteiger charge is -2.31. The van der Waals surface area contributed by atoms with Gasteiger partial charge in [-0.25, -0.2) is 4.39 Å². The van der Waals surface area contributed by atoms with Crippen molar-refractivity contribution in [3.8, 4) is 0 Å². The number of nitro benzene ring substituents is 1. The summed E-state index contributed by atoms with van der Waals surface area (Å²) in [4.78, 5) is 10.4. The van der Waals surface area contributed by atoms with Gasteiger partial charge in [-0.3, -0.25) is 10.1 Å². The first-order valence-corrected chi connectivity index (χ1v) is 8.12. The molecule has 1 aliphatic rings. The molecule has 2 atom stereocenters. The van der Waals surface area contributed by atoms with Gasteiger partial charge < -0.3 is 5.32 Å². The first-order chi connectivity index (χ1) is 9.52. The van der Waals surface area contributed by atoms with E-state index in [2.05, 4.69) is 5.32 Å². The van der Waals surface area contributed by atoms with Gasteiger partial charge in [0, 0.05) is 11.3 Å². The maximum atomic E-state index is 13.4. The van der Waals surface area contributed by atoms with Crippen LogP contribution in [0.3, 0.4) is 0 Å². The molecule has 1 aliphatic carbocycles. The van der Waals surface area contributed by atoms with Crippen molar-refractivity contribution in [2.24, 2.45) is 0 Å². The van der Waals surface area contributed by atoms with Gasteiger partial charge >= 0.3 is 0 Å².